The molecule has 3 rings (SSSR count). The Morgan fingerprint density at radius 3 is 3.33 bits per heavy atom. The molecule has 62 valence electrons. The second kappa shape index (κ2) is 2.33. The summed E-state index contributed by atoms with van der Waals surface area (Å²) in [5, 5.41) is 3.55. The second-order valence-corrected chi connectivity index (χ2v) is 3.82. The molecule has 2 aliphatic carbocycles. The fraction of sp³-hybridized carbons (Fsp3) is 0.455. The molecule has 0 bridgehead atoms. The van der Waals surface area contributed by atoms with Crippen LogP contribution in [0.25, 0.3) is 0 Å². The Labute approximate surface area is 72.9 Å². The van der Waals surface area contributed by atoms with E-state index in [0.717, 1.165) is 5.92 Å². The molecular formula is C11H13N. The molecular weight excluding hydrogens is 146 g/mol. The number of nitrogens with one attached hydrogen (secondary N) is 1. The van der Waals surface area contributed by atoms with Crippen LogP contribution < -0.4 is 5.32 Å². The van der Waals surface area contributed by atoms with E-state index >= 15 is 0 Å². The number of hydrogen-bond acceptors (Lipinski definition) is 1. The maximum absolute atomic E-state index is 3.55. The number of rotatable bonds is 0. The van der Waals surface area contributed by atoms with Gasteiger partial charge in [-0.25, -0.2) is 0 Å². The van der Waals surface area contributed by atoms with Crippen molar-refractivity contribution in [2.24, 2.45) is 5.92 Å². The van der Waals surface area contributed by atoms with E-state index in [-0.39, 0.29) is 0 Å². The minimum atomic E-state index is 0.706. The first-order chi connectivity index (χ1) is 5.95. The number of allylic oxidation sites excluding steroid dienone is 5. The summed E-state index contributed by atoms with van der Waals surface area (Å²) in [6, 6.07) is 0.706. The van der Waals surface area contributed by atoms with Crippen molar-refractivity contribution < 1.29 is 0 Å². The summed E-state index contributed by atoms with van der Waals surface area (Å²) in [5.74, 6) is 0.725. The largest absolute Gasteiger partial charge is 0.310 e. The molecule has 1 aliphatic heterocycles. The van der Waals surface area contributed by atoms with E-state index in [9.17, 15) is 0 Å². The Kier molecular flexibility index (Phi) is 1.30. The van der Waals surface area contributed by atoms with Crippen molar-refractivity contribution >= 4 is 0 Å². The van der Waals surface area contributed by atoms with Crippen LogP contribution in [0.5, 0.6) is 0 Å². The first kappa shape index (κ1) is 6.67. The predicted octanol–water partition coefficient (Wildman–Crippen LogP) is 1.79. The van der Waals surface area contributed by atoms with E-state index in [0.29, 0.717) is 6.04 Å². The third-order valence-electron chi connectivity index (χ3n) is 3.20. The van der Waals surface area contributed by atoms with Gasteiger partial charge >= 0.3 is 0 Å². The zero-order valence-electron chi connectivity index (χ0n) is 7.09. The van der Waals surface area contributed by atoms with E-state index in [1.807, 2.05) is 0 Å². The van der Waals surface area contributed by atoms with Gasteiger partial charge in [0.05, 0.1) is 0 Å². The number of fused-ring (bicyclic) bond motifs is 2. The van der Waals surface area contributed by atoms with Gasteiger partial charge in [-0.2, -0.15) is 0 Å². The minimum Gasteiger partial charge on any atom is -0.310 e. The molecule has 0 spiro atoms. The Balaban J connectivity index is 2.06. The zero-order valence-corrected chi connectivity index (χ0v) is 7.09. The molecule has 0 aromatic heterocycles. The highest BCUT2D eigenvalue weighted by Gasteiger charge is 2.33. The van der Waals surface area contributed by atoms with Crippen molar-refractivity contribution in [3.05, 3.63) is 35.5 Å². The Morgan fingerprint density at radius 2 is 2.33 bits per heavy atom. The Bertz CT molecular complexity index is 296. The molecule has 0 aromatic carbocycles. The van der Waals surface area contributed by atoms with Gasteiger partial charge in [0.25, 0.3) is 0 Å². The fourth-order valence-corrected chi connectivity index (χ4v) is 2.64. The molecule has 1 N–H and O–H groups in total. The van der Waals surface area contributed by atoms with Crippen molar-refractivity contribution in [3.63, 3.8) is 0 Å². The summed E-state index contributed by atoms with van der Waals surface area (Å²) >= 11 is 0. The van der Waals surface area contributed by atoms with E-state index in [1.165, 1.54) is 19.4 Å². The van der Waals surface area contributed by atoms with Crippen molar-refractivity contribution in [1.82, 2.24) is 5.32 Å². The van der Waals surface area contributed by atoms with Crippen LogP contribution in [0.1, 0.15) is 12.8 Å². The average molecular weight is 159 g/mol. The minimum absolute atomic E-state index is 0.706. The maximum Gasteiger partial charge on any atom is 0.0294 e. The summed E-state index contributed by atoms with van der Waals surface area (Å²) in [7, 11) is 0. The van der Waals surface area contributed by atoms with Crippen LogP contribution in [0.3, 0.4) is 0 Å². The van der Waals surface area contributed by atoms with Crippen molar-refractivity contribution in [2.45, 2.75) is 18.9 Å². The third-order valence-corrected chi connectivity index (χ3v) is 3.20. The van der Waals surface area contributed by atoms with Gasteiger partial charge in [0.15, 0.2) is 0 Å². The third kappa shape index (κ3) is 0.774. The van der Waals surface area contributed by atoms with Gasteiger partial charge in [-0.1, -0.05) is 24.3 Å². The van der Waals surface area contributed by atoms with Gasteiger partial charge in [0.2, 0.25) is 0 Å². The normalized spacial score (nSPS) is 37.3. The quantitative estimate of drug-likeness (QED) is 0.568. The molecule has 3 aliphatic rings. The second-order valence-electron chi connectivity index (χ2n) is 3.82. The van der Waals surface area contributed by atoms with E-state index < -0.39 is 0 Å². The molecule has 2 atom stereocenters. The van der Waals surface area contributed by atoms with Gasteiger partial charge in [0, 0.05) is 12.0 Å². The van der Waals surface area contributed by atoms with Crippen LogP contribution in [0.4, 0.5) is 0 Å². The van der Waals surface area contributed by atoms with E-state index in [2.05, 4.69) is 29.6 Å². The molecule has 1 fully saturated rings. The summed E-state index contributed by atoms with van der Waals surface area (Å²) in [4.78, 5) is 0. The molecule has 1 saturated heterocycles. The molecule has 12 heavy (non-hydrogen) atoms. The molecule has 0 aromatic rings. The van der Waals surface area contributed by atoms with Crippen LogP contribution >= 0.6 is 0 Å². The maximum atomic E-state index is 3.55. The summed E-state index contributed by atoms with van der Waals surface area (Å²) in [6.07, 6.45) is 11.5. The summed E-state index contributed by atoms with van der Waals surface area (Å²) < 4.78 is 0. The molecule has 2 unspecified atom stereocenters. The molecule has 1 heteroatoms. The summed E-state index contributed by atoms with van der Waals surface area (Å²) in [5.41, 5.74) is 3.29. The highest BCUT2D eigenvalue weighted by Crippen LogP contribution is 2.39. The van der Waals surface area contributed by atoms with Crippen molar-refractivity contribution in [2.75, 3.05) is 6.54 Å². The molecule has 1 heterocycles. The van der Waals surface area contributed by atoms with Gasteiger partial charge in [-0.3, -0.25) is 0 Å². The highest BCUT2D eigenvalue weighted by molar-refractivity contribution is 5.44. The first-order valence-corrected chi connectivity index (χ1v) is 4.76. The monoisotopic (exact) mass is 159 g/mol. The SMILES string of the molecule is C1=CC2=C3CCNC3CC2C=C1. The summed E-state index contributed by atoms with van der Waals surface area (Å²) in [6.45, 7) is 1.19. The lowest BCUT2D eigenvalue weighted by Gasteiger charge is -2.11. The Hall–Kier alpha value is -0.820. The zero-order chi connectivity index (χ0) is 7.97. The van der Waals surface area contributed by atoms with Gasteiger partial charge in [-0.15, -0.1) is 0 Å². The smallest absolute Gasteiger partial charge is 0.0294 e. The van der Waals surface area contributed by atoms with Crippen LogP contribution in [-0.4, -0.2) is 12.6 Å². The van der Waals surface area contributed by atoms with Crippen LogP contribution in [0, 0.1) is 5.92 Å². The standard InChI is InChI=1S/C11H13N/c1-2-4-9-8(3-1)7-11-10(9)5-6-12-11/h1-4,8,11-12H,5-7H2. The fourth-order valence-electron chi connectivity index (χ4n) is 2.64. The highest BCUT2D eigenvalue weighted by atomic mass is 14.9. The molecule has 0 radical (unpaired) electrons. The van der Waals surface area contributed by atoms with Gasteiger partial charge < -0.3 is 5.32 Å². The average Bonchev–Trinajstić information content (AvgIpc) is 2.62. The molecule has 0 saturated carbocycles. The van der Waals surface area contributed by atoms with Gasteiger partial charge in [0.1, 0.15) is 0 Å². The molecule has 0 amide bonds. The lowest BCUT2D eigenvalue weighted by atomic mass is 9.95. The first-order valence-electron chi connectivity index (χ1n) is 4.76. The van der Waals surface area contributed by atoms with E-state index in [1.54, 1.807) is 11.1 Å². The van der Waals surface area contributed by atoms with Crippen LogP contribution in [0.2, 0.25) is 0 Å². The Morgan fingerprint density at radius 1 is 1.33 bits per heavy atom. The van der Waals surface area contributed by atoms with E-state index in [4.69, 9.17) is 0 Å². The number of hydrogen-bond donors (Lipinski definition) is 1. The topological polar surface area (TPSA) is 12.0 Å². The van der Waals surface area contributed by atoms with Crippen molar-refractivity contribution in [1.29, 1.82) is 0 Å². The molecule has 1 nitrogen and oxygen atoms in total. The lowest BCUT2D eigenvalue weighted by Crippen LogP contribution is -2.20. The van der Waals surface area contributed by atoms with Crippen LogP contribution in [0.15, 0.2) is 35.5 Å². The van der Waals surface area contributed by atoms with Gasteiger partial charge in [-0.05, 0) is 30.5 Å². The lowest BCUT2D eigenvalue weighted by molar-refractivity contribution is 0.592. The van der Waals surface area contributed by atoms with Crippen LogP contribution in [-0.2, 0) is 0 Å². The van der Waals surface area contributed by atoms with Crippen molar-refractivity contribution in [3.8, 4) is 0 Å². The predicted molar refractivity (Wildman–Crippen MR) is 49.8 cm³/mol.